The van der Waals surface area contributed by atoms with Crippen LogP contribution in [-0.2, 0) is 6.54 Å². The molecule has 2 aromatic rings. The summed E-state index contributed by atoms with van der Waals surface area (Å²) in [4.78, 5) is 4.69. The average molecular weight is 322 g/mol. The van der Waals surface area contributed by atoms with Crippen LogP contribution in [0.1, 0.15) is 24.1 Å². The Balaban J connectivity index is 1.43. The number of piperazine rings is 1. The Bertz CT molecular complexity index is 757. The number of para-hydroxylation sites is 1. The summed E-state index contributed by atoms with van der Waals surface area (Å²) in [6.45, 7) is 5.60. The molecule has 1 aromatic heterocycles. The summed E-state index contributed by atoms with van der Waals surface area (Å²) in [6, 6.07) is 11.3. The summed E-state index contributed by atoms with van der Waals surface area (Å²) < 4.78 is 1.84. The highest BCUT2D eigenvalue weighted by molar-refractivity contribution is 5.38. The summed E-state index contributed by atoms with van der Waals surface area (Å²) in [5.41, 5.74) is 3.19. The molecule has 0 amide bonds. The minimum absolute atomic E-state index is 0.0117. The molecule has 2 aliphatic rings. The normalized spacial score (nSPS) is 22.4. The van der Waals surface area contributed by atoms with Gasteiger partial charge in [-0.15, -0.1) is 5.10 Å². The van der Waals surface area contributed by atoms with Crippen molar-refractivity contribution < 1.29 is 0 Å². The van der Waals surface area contributed by atoms with Gasteiger partial charge in [-0.05, 0) is 31.4 Å². The molecule has 124 valence electrons. The van der Waals surface area contributed by atoms with Crippen LogP contribution in [0.3, 0.4) is 0 Å². The minimum Gasteiger partial charge on any atom is -0.293 e. The van der Waals surface area contributed by atoms with E-state index in [-0.39, 0.29) is 6.04 Å². The minimum atomic E-state index is 0.0117. The fraction of sp³-hybridized carbons (Fsp3) is 0.500. The van der Waals surface area contributed by atoms with Gasteiger partial charge in [0.25, 0.3) is 0 Å². The molecule has 4 rings (SSSR count). The first-order chi connectivity index (χ1) is 11.7. The topological polar surface area (TPSA) is 61.0 Å². The van der Waals surface area contributed by atoms with E-state index in [4.69, 9.17) is 0 Å². The second-order valence-corrected chi connectivity index (χ2v) is 6.79. The lowest BCUT2D eigenvalue weighted by Gasteiger charge is -2.38. The second kappa shape index (κ2) is 6.34. The lowest BCUT2D eigenvalue weighted by Crippen LogP contribution is -2.52. The van der Waals surface area contributed by atoms with E-state index in [0.717, 1.165) is 37.6 Å². The van der Waals surface area contributed by atoms with Crippen LogP contribution < -0.4 is 0 Å². The molecule has 2 fully saturated rings. The first-order valence-electron chi connectivity index (χ1n) is 8.59. The van der Waals surface area contributed by atoms with Crippen LogP contribution in [0.25, 0.3) is 5.69 Å². The number of hydrogen-bond acceptors (Lipinski definition) is 5. The van der Waals surface area contributed by atoms with E-state index in [0.29, 0.717) is 6.04 Å². The largest absolute Gasteiger partial charge is 0.293 e. The lowest BCUT2D eigenvalue weighted by atomic mass is 10.1. The van der Waals surface area contributed by atoms with Gasteiger partial charge in [-0.2, -0.15) is 5.26 Å². The van der Waals surface area contributed by atoms with Gasteiger partial charge >= 0.3 is 0 Å². The van der Waals surface area contributed by atoms with E-state index in [1.54, 1.807) is 0 Å². The fourth-order valence-corrected chi connectivity index (χ4v) is 3.49. The average Bonchev–Trinajstić information content (AvgIpc) is 3.35. The Hall–Kier alpha value is -2.23. The molecule has 6 nitrogen and oxygen atoms in total. The standard InChI is InChI=1S/C18H22N6/c1-14-4-2-3-5-18(14)24-12-15(20-21-24)11-22-8-9-23(16-6-7-16)17(10-19)13-22/h2-5,12,16-17H,6-9,11,13H2,1H3. The van der Waals surface area contributed by atoms with Crippen molar-refractivity contribution in [2.75, 3.05) is 19.6 Å². The van der Waals surface area contributed by atoms with E-state index in [1.807, 2.05) is 29.1 Å². The van der Waals surface area contributed by atoms with Crippen molar-refractivity contribution >= 4 is 0 Å². The number of rotatable bonds is 4. The Morgan fingerprint density at radius 2 is 2.08 bits per heavy atom. The summed E-state index contributed by atoms with van der Waals surface area (Å²) in [5.74, 6) is 0. The zero-order valence-corrected chi connectivity index (χ0v) is 14.0. The van der Waals surface area contributed by atoms with Gasteiger partial charge in [-0.25, -0.2) is 4.68 Å². The molecule has 0 radical (unpaired) electrons. The lowest BCUT2D eigenvalue weighted by molar-refractivity contribution is 0.0889. The van der Waals surface area contributed by atoms with Gasteiger partial charge in [0.1, 0.15) is 6.04 Å². The third-order valence-electron chi connectivity index (χ3n) is 4.96. The highest BCUT2D eigenvalue weighted by atomic mass is 15.4. The van der Waals surface area contributed by atoms with E-state index in [1.165, 1.54) is 18.4 Å². The molecule has 1 saturated heterocycles. The molecule has 1 unspecified atom stereocenters. The van der Waals surface area contributed by atoms with Crippen molar-refractivity contribution in [3.63, 3.8) is 0 Å². The summed E-state index contributed by atoms with van der Waals surface area (Å²) in [5, 5.41) is 18.0. The monoisotopic (exact) mass is 322 g/mol. The summed E-state index contributed by atoms with van der Waals surface area (Å²) >= 11 is 0. The molecule has 0 bridgehead atoms. The molecule has 1 saturated carbocycles. The molecule has 2 heterocycles. The van der Waals surface area contributed by atoms with Crippen molar-refractivity contribution in [1.82, 2.24) is 24.8 Å². The van der Waals surface area contributed by atoms with Crippen molar-refractivity contribution in [3.8, 4) is 11.8 Å². The van der Waals surface area contributed by atoms with Crippen LogP contribution in [0.2, 0.25) is 0 Å². The molecule has 1 aliphatic heterocycles. The third-order valence-corrected chi connectivity index (χ3v) is 4.96. The maximum atomic E-state index is 9.45. The Kier molecular flexibility index (Phi) is 4.05. The number of nitriles is 1. The Morgan fingerprint density at radius 1 is 1.25 bits per heavy atom. The first-order valence-corrected chi connectivity index (χ1v) is 8.59. The van der Waals surface area contributed by atoms with Crippen LogP contribution >= 0.6 is 0 Å². The van der Waals surface area contributed by atoms with Crippen molar-refractivity contribution in [2.45, 2.75) is 38.4 Å². The molecular weight excluding hydrogens is 300 g/mol. The first kappa shape index (κ1) is 15.3. The fourth-order valence-electron chi connectivity index (χ4n) is 3.49. The molecular formula is C18H22N6. The molecule has 1 atom stereocenters. The van der Waals surface area contributed by atoms with Crippen LogP contribution in [0, 0.1) is 18.3 Å². The van der Waals surface area contributed by atoms with Gasteiger partial charge < -0.3 is 0 Å². The number of aromatic nitrogens is 3. The molecule has 1 aromatic carbocycles. The highest BCUT2D eigenvalue weighted by Gasteiger charge is 2.37. The molecule has 0 N–H and O–H groups in total. The highest BCUT2D eigenvalue weighted by Crippen LogP contribution is 2.30. The number of nitrogens with zero attached hydrogens (tertiary/aromatic N) is 6. The van der Waals surface area contributed by atoms with Gasteiger partial charge in [0.05, 0.1) is 23.6 Å². The Morgan fingerprint density at radius 3 is 2.83 bits per heavy atom. The van der Waals surface area contributed by atoms with Crippen molar-refractivity contribution in [3.05, 3.63) is 41.7 Å². The SMILES string of the molecule is Cc1ccccc1-n1cc(CN2CCN(C3CC3)C(C#N)C2)nn1. The summed E-state index contributed by atoms with van der Waals surface area (Å²) in [7, 11) is 0. The van der Waals surface area contributed by atoms with Crippen molar-refractivity contribution in [1.29, 1.82) is 5.26 Å². The predicted molar refractivity (Wildman–Crippen MR) is 90.5 cm³/mol. The van der Waals surface area contributed by atoms with E-state index < -0.39 is 0 Å². The third kappa shape index (κ3) is 3.05. The van der Waals surface area contributed by atoms with Crippen LogP contribution in [-0.4, -0.2) is 56.5 Å². The quantitative estimate of drug-likeness (QED) is 0.858. The van der Waals surface area contributed by atoms with Gasteiger partial charge in [0.15, 0.2) is 0 Å². The molecule has 6 heteroatoms. The van der Waals surface area contributed by atoms with Gasteiger partial charge in [0, 0.05) is 32.2 Å². The molecule has 1 aliphatic carbocycles. The maximum absolute atomic E-state index is 9.45. The maximum Gasteiger partial charge on any atom is 0.111 e. The second-order valence-electron chi connectivity index (χ2n) is 6.79. The smallest absolute Gasteiger partial charge is 0.111 e. The van der Waals surface area contributed by atoms with Gasteiger partial charge in [0.2, 0.25) is 0 Å². The van der Waals surface area contributed by atoms with Crippen LogP contribution in [0.4, 0.5) is 0 Å². The number of benzene rings is 1. The van der Waals surface area contributed by atoms with Crippen molar-refractivity contribution in [2.24, 2.45) is 0 Å². The van der Waals surface area contributed by atoms with Crippen LogP contribution in [0.5, 0.6) is 0 Å². The van der Waals surface area contributed by atoms with E-state index in [2.05, 4.69) is 39.2 Å². The van der Waals surface area contributed by atoms with E-state index >= 15 is 0 Å². The van der Waals surface area contributed by atoms with Gasteiger partial charge in [-0.3, -0.25) is 9.80 Å². The Labute approximate surface area is 142 Å². The van der Waals surface area contributed by atoms with Crippen LogP contribution in [0.15, 0.2) is 30.5 Å². The van der Waals surface area contributed by atoms with Gasteiger partial charge in [-0.1, -0.05) is 23.4 Å². The molecule has 0 spiro atoms. The van der Waals surface area contributed by atoms with E-state index in [9.17, 15) is 5.26 Å². The zero-order chi connectivity index (χ0) is 16.5. The molecule has 24 heavy (non-hydrogen) atoms. The predicted octanol–water partition coefficient (Wildman–Crippen LogP) is 1.75. The number of hydrogen-bond donors (Lipinski definition) is 0. The zero-order valence-electron chi connectivity index (χ0n) is 14.0. The summed E-state index contributed by atoms with van der Waals surface area (Å²) in [6.07, 6.45) is 4.50. The number of aryl methyl sites for hydroxylation is 1.